The van der Waals surface area contributed by atoms with Gasteiger partial charge in [0.1, 0.15) is 18.4 Å². The van der Waals surface area contributed by atoms with Crippen LogP contribution in [0.15, 0.2) is 73.3 Å². The monoisotopic (exact) mass is 483 g/mol. The third kappa shape index (κ3) is 5.07. The molecule has 1 fully saturated rings. The normalized spacial score (nSPS) is 15.6. The Morgan fingerprint density at radius 3 is 2.56 bits per heavy atom. The van der Waals surface area contributed by atoms with Gasteiger partial charge in [-0.05, 0) is 41.5 Å². The van der Waals surface area contributed by atoms with Crippen molar-refractivity contribution in [3.63, 3.8) is 0 Å². The number of fused-ring (bicyclic) bond motifs is 1. The largest absolute Gasteiger partial charge is 0.496 e. The van der Waals surface area contributed by atoms with E-state index in [2.05, 4.69) is 15.4 Å². The van der Waals surface area contributed by atoms with Crippen LogP contribution in [0.1, 0.15) is 34.3 Å². The quantitative estimate of drug-likeness (QED) is 0.433. The number of carbonyl (C=O) groups is 2. The summed E-state index contributed by atoms with van der Waals surface area (Å²) in [6.45, 7) is 2.18. The maximum atomic E-state index is 13.4. The predicted molar refractivity (Wildman–Crippen MR) is 137 cm³/mol. The molecule has 8 nitrogen and oxygen atoms in total. The molecular formula is C28H29N5O3. The van der Waals surface area contributed by atoms with Crippen molar-refractivity contribution in [1.29, 1.82) is 0 Å². The first kappa shape index (κ1) is 23.5. The van der Waals surface area contributed by atoms with Crippen molar-refractivity contribution in [2.75, 3.05) is 20.2 Å². The van der Waals surface area contributed by atoms with Gasteiger partial charge < -0.3 is 15.0 Å². The third-order valence-corrected chi connectivity index (χ3v) is 6.71. The number of carbonyl (C=O) groups excluding carboxylic acids is 2. The molecule has 1 unspecified atom stereocenters. The van der Waals surface area contributed by atoms with E-state index in [1.807, 2.05) is 60.7 Å². The summed E-state index contributed by atoms with van der Waals surface area (Å²) in [4.78, 5) is 32.2. The molecule has 0 aliphatic carbocycles. The van der Waals surface area contributed by atoms with E-state index in [9.17, 15) is 9.59 Å². The van der Waals surface area contributed by atoms with Crippen molar-refractivity contribution in [1.82, 2.24) is 25.0 Å². The number of benzene rings is 3. The number of methoxy groups -OCH3 is 1. The molecule has 3 aromatic carbocycles. The summed E-state index contributed by atoms with van der Waals surface area (Å²) in [5, 5.41) is 8.95. The number of piperidine rings is 1. The van der Waals surface area contributed by atoms with Crippen molar-refractivity contribution in [2.24, 2.45) is 5.92 Å². The molecule has 1 aliphatic heterocycles. The Balaban J connectivity index is 1.20. The highest BCUT2D eigenvalue weighted by Gasteiger charge is 2.29. The summed E-state index contributed by atoms with van der Waals surface area (Å²) >= 11 is 0. The van der Waals surface area contributed by atoms with Crippen LogP contribution in [0, 0.1) is 5.92 Å². The van der Waals surface area contributed by atoms with Gasteiger partial charge in [-0.3, -0.25) is 9.59 Å². The molecule has 1 aromatic heterocycles. The van der Waals surface area contributed by atoms with Crippen LogP contribution >= 0.6 is 0 Å². The van der Waals surface area contributed by atoms with E-state index < -0.39 is 0 Å². The lowest BCUT2D eigenvalue weighted by Gasteiger charge is -2.32. The molecule has 1 aliphatic rings. The fraction of sp³-hybridized carbons (Fsp3) is 0.286. The molecule has 0 saturated carbocycles. The van der Waals surface area contributed by atoms with Crippen LogP contribution in [0.2, 0.25) is 0 Å². The smallest absolute Gasteiger partial charge is 0.254 e. The molecule has 2 heterocycles. The number of nitrogens with one attached hydrogen (secondary N) is 1. The van der Waals surface area contributed by atoms with Gasteiger partial charge in [-0.1, -0.05) is 48.5 Å². The lowest BCUT2D eigenvalue weighted by molar-refractivity contribution is -0.126. The second-order valence-corrected chi connectivity index (χ2v) is 9.08. The maximum Gasteiger partial charge on any atom is 0.254 e. The molecule has 8 heteroatoms. The van der Waals surface area contributed by atoms with Crippen LogP contribution < -0.4 is 10.1 Å². The van der Waals surface area contributed by atoms with Crippen LogP contribution in [0.5, 0.6) is 5.75 Å². The Morgan fingerprint density at radius 2 is 1.81 bits per heavy atom. The van der Waals surface area contributed by atoms with Crippen molar-refractivity contribution in [2.45, 2.75) is 25.9 Å². The number of rotatable bonds is 7. The zero-order chi connectivity index (χ0) is 24.9. The molecule has 36 heavy (non-hydrogen) atoms. The molecular weight excluding hydrogens is 454 g/mol. The van der Waals surface area contributed by atoms with Crippen LogP contribution in [-0.2, 0) is 17.9 Å². The Labute approximate surface area is 209 Å². The van der Waals surface area contributed by atoms with E-state index in [0.29, 0.717) is 31.7 Å². The van der Waals surface area contributed by atoms with Gasteiger partial charge in [0.25, 0.3) is 5.91 Å². The molecule has 0 radical (unpaired) electrons. The SMILES string of the molecule is COc1ccc(C(=O)N2CCCC(C(=O)NCc3ccc(Cn4cncn4)cc3)C2)c2ccccc12. The van der Waals surface area contributed by atoms with Crippen molar-refractivity contribution in [3.8, 4) is 5.75 Å². The Hall–Kier alpha value is -4.20. The van der Waals surface area contributed by atoms with Gasteiger partial charge in [0.2, 0.25) is 5.91 Å². The summed E-state index contributed by atoms with van der Waals surface area (Å²) < 4.78 is 7.23. The molecule has 1 saturated heterocycles. The van der Waals surface area contributed by atoms with E-state index in [-0.39, 0.29) is 17.7 Å². The molecule has 1 atom stereocenters. The second-order valence-electron chi connectivity index (χ2n) is 9.08. The first-order valence-electron chi connectivity index (χ1n) is 12.2. The highest BCUT2D eigenvalue weighted by atomic mass is 16.5. The molecule has 0 bridgehead atoms. The van der Waals surface area contributed by atoms with Crippen molar-refractivity contribution < 1.29 is 14.3 Å². The van der Waals surface area contributed by atoms with Crippen LogP contribution in [0.4, 0.5) is 0 Å². The van der Waals surface area contributed by atoms with Gasteiger partial charge >= 0.3 is 0 Å². The van der Waals surface area contributed by atoms with E-state index >= 15 is 0 Å². The third-order valence-electron chi connectivity index (χ3n) is 6.71. The number of nitrogens with zero attached hydrogens (tertiary/aromatic N) is 4. The Kier molecular flexibility index (Phi) is 6.93. The summed E-state index contributed by atoms with van der Waals surface area (Å²) in [6, 6.07) is 19.5. The molecule has 5 rings (SSSR count). The van der Waals surface area contributed by atoms with E-state index in [1.165, 1.54) is 6.33 Å². The van der Waals surface area contributed by atoms with Crippen molar-refractivity contribution in [3.05, 3.63) is 90.0 Å². The average molecular weight is 484 g/mol. The lowest BCUT2D eigenvalue weighted by atomic mass is 9.95. The summed E-state index contributed by atoms with van der Waals surface area (Å²) in [6.07, 6.45) is 4.78. The van der Waals surface area contributed by atoms with E-state index in [4.69, 9.17) is 4.74 Å². The highest BCUT2D eigenvalue weighted by molar-refractivity contribution is 6.08. The summed E-state index contributed by atoms with van der Waals surface area (Å²) in [5.41, 5.74) is 2.78. The fourth-order valence-electron chi connectivity index (χ4n) is 4.78. The van der Waals surface area contributed by atoms with Gasteiger partial charge in [-0.2, -0.15) is 5.10 Å². The summed E-state index contributed by atoms with van der Waals surface area (Å²) in [5.74, 6) is 0.455. The average Bonchev–Trinajstić information content (AvgIpc) is 3.44. The molecule has 4 aromatic rings. The molecule has 184 valence electrons. The Bertz CT molecular complexity index is 1350. The first-order chi connectivity index (χ1) is 17.6. The predicted octanol–water partition coefficient (Wildman–Crippen LogP) is 3.66. The van der Waals surface area contributed by atoms with Gasteiger partial charge in [-0.15, -0.1) is 0 Å². The van der Waals surface area contributed by atoms with Gasteiger partial charge in [0, 0.05) is 30.6 Å². The fourth-order valence-corrected chi connectivity index (χ4v) is 4.78. The van der Waals surface area contributed by atoms with E-state index in [0.717, 1.165) is 40.5 Å². The van der Waals surface area contributed by atoms with Crippen LogP contribution in [-0.4, -0.2) is 51.7 Å². The molecule has 1 N–H and O–H groups in total. The Morgan fingerprint density at radius 1 is 1.03 bits per heavy atom. The minimum atomic E-state index is -0.223. The topological polar surface area (TPSA) is 89.4 Å². The molecule has 0 spiro atoms. The first-order valence-corrected chi connectivity index (χ1v) is 12.2. The maximum absolute atomic E-state index is 13.4. The number of likely N-dealkylation sites (tertiary alicyclic amines) is 1. The van der Waals surface area contributed by atoms with Gasteiger partial charge in [0.05, 0.1) is 19.6 Å². The number of hydrogen-bond acceptors (Lipinski definition) is 5. The zero-order valence-electron chi connectivity index (χ0n) is 20.3. The minimum Gasteiger partial charge on any atom is -0.496 e. The number of hydrogen-bond donors (Lipinski definition) is 1. The summed E-state index contributed by atoms with van der Waals surface area (Å²) in [7, 11) is 1.63. The second kappa shape index (κ2) is 10.6. The number of amides is 2. The van der Waals surface area contributed by atoms with Crippen LogP contribution in [0.25, 0.3) is 10.8 Å². The minimum absolute atomic E-state index is 0.0150. The number of aromatic nitrogens is 3. The zero-order valence-corrected chi connectivity index (χ0v) is 20.3. The highest BCUT2D eigenvalue weighted by Crippen LogP contribution is 2.30. The standard InChI is InChI=1S/C28H29N5O3/c1-36-26-13-12-25(23-6-2-3-7-24(23)26)28(35)32-14-4-5-22(17-32)27(34)30-15-20-8-10-21(11-9-20)16-33-19-29-18-31-33/h2-3,6-13,18-19,22H,4-5,14-17H2,1H3,(H,30,34). The van der Waals surface area contributed by atoms with Crippen molar-refractivity contribution >= 4 is 22.6 Å². The van der Waals surface area contributed by atoms with Gasteiger partial charge in [-0.25, -0.2) is 9.67 Å². The van der Waals surface area contributed by atoms with Crippen LogP contribution in [0.3, 0.4) is 0 Å². The van der Waals surface area contributed by atoms with E-state index in [1.54, 1.807) is 23.0 Å². The van der Waals surface area contributed by atoms with Gasteiger partial charge in [0.15, 0.2) is 0 Å². The lowest BCUT2D eigenvalue weighted by Crippen LogP contribution is -2.45. The molecule has 2 amide bonds. The number of ether oxygens (including phenoxy) is 1.